The highest BCUT2D eigenvalue weighted by atomic mass is 15.2. The zero-order valence-corrected chi connectivity index (χ0v) is 43.8. The van der Waals surface area contributed by atoms with Crippen molar-refractivity contribution in [3.05, 3.63) is 121 Å². The molecule has 14 heteroatoms. The number of benzene rings is 5. The third kappa shape index (κ3) is 18.2. The molecule has 0 atom stereocenters. The van der Waals surface area contributed by atoms with Crippen LogP contribution in [0.15, 0.2) is 121 Å². The maximum Gasteiger partial charge on any atom is 0.192 e. The smallest absolute Gasteiger partial charge is 0.192 e. The first-order valence-corrected chi connectivity index (χ1v) is 26.5. The molecule has 0 aliphatic rings. The fourth-order valence-electron chi connectivity index (χ4n) is 9.17. The van der Waals surface area contributed by atoms with E-state index in [0.717, 1.165) is 108 Å². The van der Waals surface area contributed by atoms with Crippen LogP contribution in [0.4, 0.5) is 56.9 Å². The average Bonchev–Trinajstić information content (AvgIpc) is 3.46. The molecule has 14 nitrogen and oxygen atoms in total. The molecule has 0 spiro atoms. The van der Waals surface area contributed by atoms with Gasteiger partial charge >= 0.3 is 0 Å². The Morgan fingerprint density at radius 1 is 0.237 bits per heavy atom. The van der Waals surface area contributed by atoms with E-state index in [1.807, 2.05) is 0 Å². The molecule has 0 bridgehead atoms. The minimum absolute atomic E-state index is 0.453. The predicted molar refractivity (Wildman–Crippen MR) is 303 cm³/mol. The molecule has 5 aromatic carbocycles. The number of nitrogens with zero attached hydrogens (tertiary/aromatic N) is 14. The number of hydrogen-bond acceptors (Lipinski definition) is 14. The van der Waals surface area contributed by atoms with Crippen molar-refractivity contribution in [2.24, 2.45) is 0 Å². The zero-order valence-electron chi connectivity index (χ0n) is 43.8. The number of nitriles is 8. The van der Waals surface area contributed by atoms with Crippen molar-refractivity contribution in [2.45, 2.75) is 103 Å². The highest BCUT2D eigenvalue weighted by Gasteiger charge is 2.28. The Morgan fingerprint density at radius 3 is 0.579 bits per heavy atom. The summed E-state index contributed by atoms with van der Waals surface area (Å²) in [5.41, 5.74) is 9.65. The normalized spacial score (nSPS) is 10.3. The summed E-state index contributed by atoms with van der Waals surface area (Å²) < 4.78 is 0. The first-order chi connectivity index (χ1) is 37.4. The van der Waals surface area contributed by atoms with E-state index in [0.29, 0.717) is 104 Å². The van der Waals surface area contributed by atoms with Crippen LogP contribution in [-0.4, -0.2) is 52.4 Å². The lowest BCUT2D eigenvalue weighted by Crippen LogP contribution is -2.26. The van der Waals surface area contributed by atoms with Crippen LogP contribution in [0.3, 0.4) is 0 Å². The number of rotatable bonds is 34. The lowest BCUT2D eigenvalue weighted by molar-refractivity contribution is 0.707. The van der Waals surface area contributed by atoms with E-state index in [2.05, 4.69) is 199 Å². The second kappa shape index (κ2) is 33.7. The second-order valence-corrected chi connectivity index (χ2v) is 18.3. The zero-order chi connectivity index (χ0) is 54.0. The summed E-state index contributed by atoms with van der Waals surface area (Å²) in [6.45, 7) is 5.65. The first-order valence-electron chi connectivity index (χ1n) is 26.5. The molecule has 0 aromatic heterocycles. The lowest BCUT2D eigenvalue weighted by Gasteiger charge is -2.29. The second-order valence-electron chi connectivity index (χ2n) is 18.3. The Labute approximate surface area is 451 Å². The van der Waals surface area contributed by atoms with E-state index in [4.69, 9.17) is 0 Å². The van der Waals surface area contributed by atoms with Crippen LogP contribution in [0.1, 0.15) is 103 Å². The predicted octanol–water partition coefficient (Wildman–Crippen LogP) is 14.2. The van der Waals surface area contributed by atoms with Gasteiger partial charge in [-0.15, -0.1) is 0 Å². The molecule has 0 fully saturated rings. The van der Waals surface area contributed by atoms with Crippen LogP contribution in [0.25, 0.3) is 0 Å². The minimum Gasteiger partial charge on any atom is -0.371 e. The fourth-order valence-corrected chi connectivity index (χ4v) is 9.17. The van der Waals surface area contributed by atoms with Gasteiger partial charge in [-0.3, -0.25) is 0 Å². The molecule has 5 aromatic rings. The van der Waals surface area contributed by atoms with Crippen molar-refractivity contribution >= 4 is 56.9 Å². The van der Waals surface area contributed by atoms with E-state index in [9.17, 15) is 42.1 Å². The van der Waals surface area contributed by atoms with E-state index >= 15 is 0 Å². The van der Waals surface area contributed by atoms with Crippen LogP contribution in [0, 0.1) is 90.6 Å². The molecule has 0 N–H and O–H groups in total. The van der Waals surface area contributed by atoms with Crippen molar-refractivity contribution in [1.82, 2.24) is 4.90 Å². The van der Waals surface area contributed by atoms with Crippen molar-refractivity contribution in [2.75, 3.05) is 76.9 Å². The van der Waals surface area contributed by atoms with Gasteiger partial charge in [0.2, 0.25) is 0 Å². The van der Waals surface area contributed by atoms with Crippen molar-refractivity contribution in [3.8, 4) is 48.6 Å². The highest BCUT2D eigenvalue weighted by molar-refractivity contribution is 5.80. The van der Waals surface area contributed by atoms with Crippen molar-refractivity contribution in [1.29, 1.82) is 42.1 Å². The Balaban J connectivity index is 1.59. The van der Waals surface area contributed by atoms with Crippen LogP contribution < -0.4 is 29.4 Å². The minimum atomic E-state index is 0.453. The molecule has 0 heterocycles. The fraction of sp³-hybridized carbons (Fsp3) is 0.387. The molecular formula is C62H68N14+. The Bertz CT molecular complexity index is 2390. The first kappa shape index (κ1) is 57.9. The van der Waals surface area contributed by atoms with E-state index in [1.54, 1.807) is 0 Å². The number of anilines is 10. The molecule has 0 amide bonds. The molecule has 0 saturated carbocycles. The standard InChI is InChI=1S/C62H68N14/c63-37-1-9-45-71(46-10-2-38-64)53-17-25-57(26-18-53)75(58-27-19-54(20-28-58)72(47-11-3-39-65)48-12-4-40-66)61-33-35-62(36-34-61)76(59-29-21-55(22-30-59)73(49-13-5-41-67)50-14-6-42-68)60-31-23-56(24-32-60)74(51-15-7-43-69)52-16-8-44-70/h17-36H,1-16,45-52H2/q+1. The molecule has 0 aliphatic carbocycles. The molecule has 385 valence electrons. The lowest BCUT2D eigenvalue weighted by atomic mass is 10.1. The third-order valence-electron chi connectivity index (χ3n) is 13.0. The van der Waals surface area contributed by atoms with Crippen LogP contribution in [0.5, 0.6) is 0 Å². The van der Waals surface area contributed by atoms with Gasteiger partial charge in [0.25, 0.3) is 0 Å². The summed E-state index contributed by atoms with van der Waals surface area (Å²) in [5, 5.41) is 74.3. The van der Waals surface area contributed by atoms with Gasteiger partial charge in [0, 0.05) is 180 Å². The molecule has 1 radical (unpaired) electrons. The van der Waals surface area contributed by atoms with Gasteiger partial charge in [-0.25, -0.2) is 0 Å². The van der Waals surface area contributed by atoms with Gasteiger partial charge in [0.05, 0.1) is 48.6 Å². The van der Waals surface area contributed by atoms with Gasteiger partial charge in [-0.05, 0) is 136 Å². The topological polar surface area (TPSA) is 212 Å². The molecule has 0 saturated heterocycles. The van der Waals surface area contributed by atoms with E-state index in [-0.39, 0.29) is 0 Å². The van der Waals surface area contributed by atoms with Gasteiger partial charge in [-0.2, -0.15) is 42.1 Å². The summed E-state index contributed by atoms with van der Waals surface area (Å²) in [6, 6.07) is 60.3. The molecule has 0 unspecified atom stereocenters. The van der Waals surface area contributed by atoms with Gasteiger partial charge in [-0.1, -0.05) is 4.90 Å². The summed E-state index contributed by atoms with van der Waals surface area (Å²) in [6.07, 6.45) is 9.41. The van der Waals surface area contributed by atoms with E-state index in [1.165, 1.54) is 0 Å². The molecule has 5 rings (SSSR count). The van der Waals surface area contributed by atoms with Gasteiger partial charge in [0.15, 0.2) is 17.1 Å². The number of unbranched alkanes of at least 4 members (excludes halogenated alkanes) is 8. The van der Waals surface area contributed by atoms with E-state index < -0.39 is 0 Å². The maximum absolute atomic E-state index is 9.28. The largest absolute Gasteiger partial charge is 0.371 e. The maximum atomic E-state index is 9.28. The van der Waals surface area contributed by atoms with Crippen molar-refractivity contribution in [3.63, 3.8) is 0 Å². The Morgan fingerprint density at radius 2 is 0.395 bits per heavy atom. The SMILES string of the molecule is N#CCCCN(CCCC#N)c1ccc(N(c2ccc(N(CCCC#N)CCCC#N)cc2)c2ccc([N+](c3ccc(N(CCCC#N)CCCC#N)cc3)c3ccc(N(CCCC#N)CCCC#N)cc3)cc2)cc1. The Kier molecular flexibility index (Phi) is 25.6. The highest BCUT2D eigenvalue weighted by Crippen LogP contribution is 2.41. The molecule has 76 heavy (non-hydrogen) atoms. The summed E-state index contributed by atoms with van der Waals surface area (Å²) >= 11 is 0. The number of hydrogen-bond donors (Lipinski definition) is 0. The van der Waals surface area contributed by atoms with Gasteiger partial charge < -0.3 is 24.5 Å². The van der Waals surface area contributed by atoms with Gasteiger partial charge in [0.1, 0.15) is 0 Å². The van der Waals surface area contributed by atoms with Crippen LogP contribution >= 0.6 is 0 Å². The van der Waals surface area contributed by atoms with Crippen LogP contribution in [-0.2, 0) is 0 Å². The Hall–Kier alpha value is -9.02. The third-order valence-corrected chi connectivity index (χ3v) is 13.0. The molecular weight excluding hydrogens is 941 g/mol. The summed E-state index contributed by atoms with van der Waals surface area (Å²) in [4.78, 5) is 13.4. The molecule has 0 aliphatic heterocycles. The quantitative estimate of drug-likeness (QED) is 0.0277. The monoisotopic (exact) mass is 1010 g/mol. The summed E-state index contributed by atoms with van der Waals surface area (Å²) in [5.74, 6) is 0. The average molecular weight is 1010 g/mol. The summed E-state index contributed by atoms with van der Waals surface area (Å²) in [7, 11) is 0. The van der Waals surface area contributed by atoms with Crippen molar-refractivity contribution < 1.29 is 0 Å². The van der Waals surface area contributed by atoms with Crippen LogP contribution in [0.2, 0.25) is 0 Å².